The second kappa shape index (κ2) is 9.23. The van der Waals surface area contributed by atoms with E-state index in [1.165, 1.54) is 0 Å². The Bertz CT molecular complexity index is 469. The Hall–Kier alpha value is -1.84. The Morgan fingerprint density at radius 3 is 2.23 bits per heavy atom. The lowest BCUT2D eigenvalue weighted by Crippen LogP contribution is -2.40. The van der Waals surface area contributed by atoms with E-state index in [1.807, 2.05) is 51.1 Å². The molecule has 0 bridgehead atoms. The van der Waals surface area contributed by atoms with E-state index in [2.05, 4.69) is 5.32 Å². The maximum Gasteiger partial charge on any atom is 0.223 e. The van der Waals surface area contributed by atoms with Crippen molar-refractivity contribution in [3.63, 3.8) is 0 Å². The molecule has 0 fully saturated rings. The summed E-state index contributed by atoms with van der Waals surface area (Å²) in [6.07, 6.45) is 1.69. The Labute approximate surface area is 133 Å². The van der Waals surface area contributed by atoms with E-state index in [4.69, 9.17) is 0 Å². The average molecular weight is 304 g/mol. The number of nitrogens with one attached hydrogen (secondary N) is 1. The standard InChI is InChI=1S/C18H28N2O2/c1-5-16(6-2)18(22)19-12-13-20(15(4)21)14(3)17-10-8-7-9-11-17/h7-11,14,16H,5-6,12-13H2,1-4H3,(H,19,22). The van der Waals surface area contributed by atoms with Crippen LogP contribution in [0.3, 0.4) is 0 Å². The summed E-state index contributed by atoms with van der Waals surface area (Å²) < 4.78 is 0. The Balaban J connectivity index is 2.59. The molecule has 1 unspecified atom stereocenters. The lowest BCUT2D eigenvalue weighted by molar-refractivity contribution is -0.132. The number of nitrogens with zero attached hydrogens (tertiary/aromatic N) is 1. The Morgan fingerprint density at radius 1 is 1.14 bits per heavy atom. The van der Waals surface area contributed by atoms with Crippen LogP contribution in [0.2, 0.25) is 0 Å². The number of hydrogen-bond acceptors (Lipinski definition) is 2. The molecule has 2 amide bonds. The fourth-order valence-electron chi connectivity index (χ4n) is 2.64. The van der Waals surface area contributed by atoms with Crippen molar-refractivity contribution in [3.05, 3.63) is 35.9 Å². The molecular weight excluding hydrogens is 276 g/mol. The van der Waals surface area contributed by atoms with E-state index in [0.717, 1.165) is 18.4 Å². The van der Waals surface area contributed by atoms with Crippen molar-refractivity contribution in [1.82, 2.24) is 10.2 Å². The van der Waals surface area contributed by atoms with Crippen LogP contribution >= 0.6 is 0 Å². The molecule has 0 saturated carbocycles. The van der Waals surface area contributed by atoms with Crippen LogP contribution in [0.4, 0.5) is 0 Å². The van der Waals surface area contributed by atoms with Gasteiger partial charge in [-0.3, -0.25) is 9.59 Å². The fourth-order valence-corrected chi connectivity index (χ4v) is 2.64. The van der Waals surface area contributed by atoms with Crippen molar-refractivity contribution < 1.29 is 9.59 Å². The van der Waals surface area contributed by atoms with E-state index in [0.29, 0.717) is 13.1 Å². The summed E-state index contributed by atoms with van der Waals surface area (Å²) in [5.74, 6) is 0.173. The van der Waals surface area contributed by atoms with Crippen LogP contribution < -0.4 is 5.32 Å². The minimum atomic E-state index is 0.00347. The summed E-state index contributed by atoms with van der Waals surface area (Å²) in [6.45, 7) is 8.64. The van der Waals surface area contributed by atoms with Gasteiger partial charge in [0.1, 0.15) is 0 Å². The lowest BCUT2D eigenvalue weighted by atomic mass is 10.0. The average Bonchev–Trinajstić information content (AvgIpc) is 2.52. The summed E-state index contributed by atoms with van der Waals surface area (Å²) >= 11 is 0. The molecule has 22 heavy (non-hydrogen) atoms. The van der Waals surface area contributed by atoms with Crippen molar-refractivity contribution in [1.29, 1.82) is 0 Å². The first kappa shape index (κ1) is 18.2. The number of benzene rings is 1. The van der Waals surface area contributed by atoms with Gasteiger partial charge >= 0.3 is 0 Å². The minimum Gasteiger partial charge on any atom is -0.354 e. The van der Waals surface area contributed by atoms with Gasteiger partial charge in [0.05, 0.1) is 6.04 Å². The highest BCUT2D eigenvalue weighted by atomic mass is 16.2. The van der Waals surface area contributed by atoms with Gasteiger partial charge in [-0.05, 0) is 25.3 Å². The van der Waals surface area contributed by atoms with Gasteiger partial charge in [-0.1, -0.05) is 44.2 Å². The highest BCUT2D eigenvalue weighted by molar-refractivity contribution is 5.78. The van der Waals surface area contributed by atoms with E-state index >= 15 is 0 Å². The zero-order valence-corrected chi connectivity index (χ0v) is 14.1. The van der Waals surface area contributed by atoms with Crippen LogP contribution in [0.15, 0.2) is 30.3 Å². The highest BCUT2D eigenvalue weighted by Gasteiger charge is 2.19. The first-order valence-corrected chi connectivity index (χ1v) is 8.11. The van der Waals surface area contributed by atoms with Gasteiger partial charge in [0.25, 0.3) is 0 Å². The van der Waals surface area contributed by atoms with Crippen molar-refractivity contribution in [2.24, 2.45) is 5.92 Å². The van der Waals surface area contributed by atoms with Crippen molar-refractivity contribution >= 4 is 11.8 Å². The molecule has 4 heteroatoms. The molecule has 1 rings (SSSR count). The third kappa shape index (κ3) is 5.17. The Kier molecular flexibility index (Phi) is 7.64. The summed E-state index contributed by atoms with van der Waals surface area (Å²) in [5.41, 5.74) is 1.10. The molecule has 0 saturated heterocycles. The van der Waals surface area contributed by atoms with Crippen molar-refractivity contribution in [2.75, 3.05) is 13.1 Å². The number of hydrogen-bond donors (Lipinski definition) is 1. The van der Waals surface area contributed by atoms with E-state index in [1.54, 1.807) is 11.8 Å². The van der Waals surface area contributed by atoms with Crippen LogP contribution in [0, 0.1) is 5.92 Å². The molecule has 1 N–H and O–H groups in total. The monoisotopic (exact) mass is 304 g/mol. The number of carbonyl (C=O) groups excluding carboxylic acids is 2. The van der Waals surface area contributed by atoms with Crippen molar-refractivity contribution in [3.8, 4) is 0 Å². The molecule has 1 aromatic rings. The van der Waals surface area contributed by atoms with Gasteiger partial charge in [0, 0.05) is 25.9 Å². The van der Waals surface area contributed by atoms with Gasteiger partial charge in [-0.15, -0.1) is 0 Å². The number of carbonyl (C=O) groups is 2. The molecular formula is C18H28N2O2. The smallest absolute Gasteiger partial charge is 0.223 e. The van der Waals surface area contributed by atoms with Gasteiger partial charge in [-0.2, -0.15) is 0 Å². The zero-order chi connectivity index (χ0) is 16.5. The van der Waals surface area contributed by atoms with Gasteiger partial charge < -0.3 is 10.2 Å². The molecule has 4 nitrogen and oxygen atoms in total. The summed E-state index contributed by atoms with van der Waals surface area (Å²) in [6, 6.07) is 9.94. The molecule has 122 valence electrons. The maximum atomic E-state index is 12.0. The van der Waals surface area contributed by atoms with Crippen LogP contribution in [-0.4, -0.2) is 29.8 Å². The third-order valence-electron chi connectivity index (χ3n) is 4.16. The number of amides is 2. The van der Waals surface area contributed by atoms with E-state index < -0.39 is 0 Å². The van der Waals surface area contributed by atoms with E-state index in [9.17, 15) is 9.59 Å². The highest BCUT2D eigenvalue weighted by Crippen LogP contribution is 2.19. The SMILES string of the molecule is CCC(CC)C(=O)NCCN(C(C)=O)C(C)c1ccccc1. The Morgan fingerprint density at radius 2 is 1.73 bits per heavy atom. The third-order valence-corrected chi connectivity index (χ3v) is 4.16. The summed E-state index contributed by atoms with van der Waals surface area (Å²) in [5, 5.41) is 2.94. The second-order valence-electron chi connectivity index (χ2n) is 5.60. The first-order valence-electron chi connectivity index (χ1n) is 8.11. The predicted molar refractivity (Wildman–Crippen MR) is 89.3 cm³/mol. The summed E-state index contributed by atoms with van der Waals surface area (Å²) in [4.78, 5) is 25.7. The van der Waals surface area contributed by atoms with Crippen LogP contribution in [0.5, 0.6) is 0 Å². The molecule has 0 aromatic heterocycles. The molecule has 0 aliphatic rings. The molecule has 1 atom stereocenters. The van der Waals surface area contributed by atoms with Crippen LogP contribution in [0.25, 0.3) is 0 Å². The molecule has 0 heterocycles. The minimum absolute atomic E-state index is 0.00347. The molecule has 0 aliphatic heterocycles. The quantitative estimate of drug-likeness (QED) is 0.802. The molecule has 1 aromatic carbocycles. The second-order valence-corrected chi connectivity index (χ2v) is 5.60. The van der Waals surface area contributed by atoms with Gasteiger partial charge in [0.15, 0.2) is 0 Å². The largest absolute Gasteiger partial charge is 0.354 e. The maximum absolute atomic E-state index is 12.0. The normalized spacial score (nSPS) is 12.0. The lowest BCUT2D eigenvalue weighted by Gasteiger charge is -2.29. The summed E-state index contributed by atoms with van der Waals surface area (Å²) in [7, 11) is 0. The molecule has 0 radical (unpaired) electrons. The van der Waals surface area contributed by atoms with Gasteiger partial charge in [0.2, 0.25) is 11.8 Å². The molecule has 0 aliphatic carbocycles. The fraction of sp³-hybridized carbons (Fsp3) is 0.556. The van der Waals surface area contributed by atoms with Crippen LogP contribution in [-0.2, 0) is 9.59 Å². The van der Waals surface area contributed by atoms with Crippen LogP contribution in [0.1, 0.15) is 52.1 Å². The van der Waals surface area contributed by atoms with E-state index in [-0.39, 0.29) is 23.8 Å². The topological polar surface area (TPSA) is 49.4 Å². The molecule has 0 spiro atoms. The van der Waals surface area contributed by atoms with Crippen molar-refractivity contribution in [2.45, 2.75) is 46.6 Å². The van der Waals surface area contributed by atoms with Gasteiger partial charge in [-0.25, -0.2) is 0 Å². The predicted octanol–water partition coefficient (Wildman–Crippen LogP) is 3.15. The number of rotatable bonds is 8. The zero-order valence-electron chi connectivity index (χ0n) is 14.1. The first-order chi connectivity index (χ1) is 10.5.